The molecule has 0 N–H and O–H groups in total. The molecule has 0 aromatic carbocycles. The molecular weight excluding hydrogens is 363 g/mol. The molecule has 5 nitrogen and oxygen atoms in total. The fraction of sp³-hybridized carbons (Fsp3) is 0.450. The van der Waals surface area contributed by atoms with Gasteiger partial charge in [-0.05, 0) is 40.2 Å². The summed E-state index contributed by atoms with van der Waals surface area (Å²) >= 11 is 1.47. The molecule has 3 aromatic rings. The van der Waals surface area contributed by atoms with Gasteiger partial charge >= 0.3 is 0 Å². The van der Waals surface area contributed by atoms with E-state index in [0.717, 1.165) is 46.4 Å². The van der Waals surface area contributed by atoms with Gasteiger partial charge in [0.1, 0.15) is 17.7 Å². The largest absolute Gasteiger partial charge is 0.489 e. The molecule has 4 heterocycles. The number of ether oxygens (including phenoxy) is 1. The lowest BCUT2D eigenvalue weighted by atomic mass is 10.2. The van der Waals surface area contributed by atoms with Crippen molar-refractivity contribution in [3.63, 3.8) is 0 Å². The highest BCUT2D eigenvalue weighted by molar-refractivity contribution is 7.18. The summed E-state index contributed by atoms with van der Waals surface area (Å²) in [5, 5.41) is 0.902. The van der Waals surface area contributed by atoms with Crippen LogP contribution in [0.25, 0.3) is 10.3 Å². The van der Waals surface area contributed by atoms with E-state index < -0.39 is 0 Å². The van der Waals surface area contributed by atoms with Crippen LogP contribution in [0, 0.1) is 26.6 Å². The van der Waals surface area contributed by atoms with Crippen LogP contribution in [0.15, 0.2) is 18.2 Å². The first-order valence-electron chi connectivity index (χ1n) is 9.18. The molecule has 0 bridgehead atoms. The van der Waals surface area contributed by atoms with E-state index >= 15 is 0 Å². The Bertz CT molecular complexity index is 969. The molecule has 7 heteroatoms. The maximum absolute atomic E-state index is 14.6. The maximum Gasteiger partial charge on any atom is 0.171 e. The molecule has 0 radical (unpaired) electrons. The highest BCUT2D eigenvalue weighted by Crippen LogP contribution is 2.30. The predicted octanol–water partition coefficient (Wildman–Crippen LogP) is 4.36. The number of aryl methyl sites for hydroxylation is 3. The average Bonchev–Trinajstić information content (AvgIpc) is 3.18. The van der Waals surface area contributed by atoms with Crippen LogP contribution in [0.4, 0.5) is 4.39 Å². The van der Waals surface area contributed by atoms with E-state index in [9.17, 15) is 4.39 Å². The second kappa shape index (κ2) is 7.13. The van der Waals surface area contributed by atoms with Gasteiger partial charge in [0.25, 0.3) is 0 Å². The van der Waals surface area contributed by atoms with E-state index in [1.54, 1.807) is 6.07 Å². The van der Waals surface area contributed by atoms with Crippen molar-refractivity contribution in [2.45, 2.75) is 46.3 Å². The molecule has 2 unspecified atom stereocenters. The summed E-state index contributed by atoms with van der Waals surface area (Å²) in [6.07, 6.45) is 0.992. The first-order chi connectivity index (χ1) is 12.9. The van der Waals surface area contributed by atoms with Crippen LogP contribution in [-0.4, -0.2) is 39.0 Å². The normalized spacial score (nSPS) is 18.9. The van der Waals surface area contributed by atoms with E-state index in [0.29, 0.717) is 11.3 Å². The highest BCUT2D eigenvalue weighted by Gasteiger charge is 2.30. The van der Waals surface area contributed by atoms with Gasteiger partial charge in [-0.1, -0.05) is 0 Å². The number of rotatable bonds is 4. The monoisotopic (exact) mass is 386 g/mol. The number of aromatic nitrogens is 3. The minimum absolute atomic E-state index is 0.0851. The molecule has 142 valence electrons. The second-order valence-electron chi connectivity index (χ2n) is 7.20. The van der Waals surface area contributed by atoms with Gasteiger partial charge in [0, 0.05) is 36.6 Å². The zero-order valence-corrected chi connectivity index (χ0v) is 16.8. The molecule has 4 rings (SSSR count). The van der Waals surface area contributed by atoms with Gasteiger partial charge in [0.15, 0.2) is 5.65 Å². The molecule has 1 fully saturated rings. The minimum Gasteiger partial charge on any atom is -0.489 e. The summed E-state index contributed by atoms with van der Waals surface area (Å²) in [4.78, 5) is 15.5. The molecule has 1 saturated heterocycles. The van der Waals surface area contributed by atoms with Crippen molar-refractivity contribution in [3.05, 3.63) is 46.1 Å². The topological polar surface area (TPSA) is 51.1 Å². The average molecular weight is 386 g/mol. The maximum atomic E-state index is 14.6. The van der Waals surface area contributed by atoms with E-state index in [1.807, 2.05) is 39.8 Å². The summed E-state index contributed by atoms with van der Waals surface area (Å²) in [6.45, 7) is 9.44. The molecule has 2 atom stereocenters. The van der Waals surface area contributed by atoms with Gasteiger partial charge in [-0.25, -0.2) is 14.4 Å². The van der Waals surface area contributed by atoms with Gasteiger partial charge in [0.05, 0.1) is 21.4 Å². The van der Waals surface area contributed by atoms with Crippen LogP contribution in [0.3, 0.4) is 0 Å². The Morgan fingerprint density at radius 2 is 1.89 bits per heavy atom. The van der Waals surface area contributed by atoms with Gasteiger partial charge < -0.3 is 4.74 Å². The second-order valence-corrected chi connectivity index (χ2v) is 8.43. The van der Waals surface area contributed by atoms with Crippen molar-refractivity contribution in [2.24, 2.45) is 0 Å². The van der Waals surface area contributed by atoms with Crippen LogP contribution in [-0.2, 0) is 0 Å². The summed E-state index contributed by atoms with van der Waals surface area (Å²) < 4.78 is 21.6. The molecule has 0 spiro atoms. The van der Waals surface area contributed by atoms with Gasteiger partial charge in [-0.15, -0.1) is 11.3 Å². The number of pyridine rings is 2. The van der Waals surface area contributed by atoms with Crippen LogP contribution < -0.4 is 4.74 Å². The van der Waals surface area contributed by atoms with Crippen molar-refractivity contribution in [3.8, 4) is 5.75 Å². The molecule has 27 heavy (non-hydrogen) atoms. The summed E-state index contributed by atoms with van der Waals surface area (Å²) in [5.74, 6) is 0.589. The van der Waals surface area contributed by atoms with E-state index in [-0.39, 0.29) is 18.0 Å². The van der Waals surface area contributed by atoms with Gasteiger partial charge in [-0.2, -0.15) is 0 Å². The number of hydrogen-bond acceptors (Lipinski definition) is 6. The van der Waals surface area contributed by atoms with Crippen molar-refractivity contribution >= 4 is 21.7 Å². The fourth-order valence-electron chi connectivity index (χ4n) is 3.69. The SMILES string of the molecule is Cc1cc(OC2CCN(C(C)c3nc4nc(C)sc4cc3F)C2)cc(C)n1. The van der Waals surface area contributed by atoms with Crippen molar-refractivity contribution < 1.29 is 9.13 Å². The first-order valence-corrected chi connectivity index (χ1v) is 10.0. The first kappa shape index (κ1) is 18.3. The van der Waals surface area contributed by atoms with Crippen LogP contribution in [0.1, 0.15) is 41.5 Å². The number of thiazole rings is 1. The van der Waals surface area contributed by atoms with Crippen molar-refractivity contribution in [2.75, 3.05) is 13.1 Å². The van der Waals surface area contributed by atoms with Crippen LogP contribution in [0.2, 0.25) is 0 Å². The number of hydrogen-bond donors (Lipinski definition) is 0. The van der Waals surface area contributed by atoms with Crippen molar-refractivity contribution in [1.82, 2.24) is 19.9 Å². The Labute approximate surface area is 162 Å². The Morgan fingerprint density at radius 1 is 1.15 bits per heavy atom. The lowest BCUT2D eigenvalue weighted by Crippen LogP contribution is -2.28. The molecule has 0 aliphatic carbocycles. The molecule has 3 aromatic heterocycles. The molecule has 0 saturated carbocycles. The Balaban J connectivity index is 1.49. The lowest BCUT2D eigenvalue weighted by molar-refractivity contribution is 0.180. The highest BCUT2D eigenvalue weighted by atomic mass is 32.1. The quantitative estimate of drug-likeness (QED) is 0.667. The smallest absolute Gasteiger partial charge is 0.171 e. The molecule has 1 aliphatic heterocycles. The number of fused-ring (bicyclic) bond motifs is 1. The third-order valence-electron chi connectivity index (χ3n) is 4.95. The standard InChI is InChI=1S/C20H23FN4OS/c1-11-7-16(8-12(2)22-11)26-15-5-6-25(10-15)13(3)19-17(21)9-18-20(24-19)23-14(4)27-18/h7-9,13,15H,5-6,10H2,1-4H3. The molecule has 0 amide bonds. The van der Waals surface area contributed by atoms with Crippen LogP contribution >= 0.6 is 11.3 Å². The van der Waals surface area contributed by atoms with Crippen LogP contribution in [0.5, 0.6) is 5.75 Å². The lowest BCUT2D eigenvalue weighted by Gasteiger charge is -2.24. The summed E-state index contributed by atoms with van der Waals surface area (Å²) in [7, 11) is 0. The number of nitrogens with zero attached hydrogens (tertiary/aromatic N) is 4. The Kier molecular flexibility index (Phi) is 4.82. The zero-order valence-electron chi connectivity index (χ0n) is 16.0. The van der Waals surface area contributed by atoms with Gasteiger partial charge in [-0.3, -0.25) is 9.88 Å². The third-order valence-corrected chi connectivity index (χ3v) is 5.85. The zero-order chi connectivity index (χ0) is 19.1. The minimum atomic E-state index is -0.261. The van der Waals surface area contributed by atoms with E-state index in [2.05, 4.69) is 19.9 Å². The van der Waals surface area contributed by atoms with Gasteiger partial charge in [0.2, 0.25) is 0 Å². The predicted molar refractivity (Wildman–Crippen MR) is 105 cm³/mol. The van der Waals surface area contributed by atoms with E-state index in [1.165, 1.54) is 11.3 Å². The van der Waals surface area contributed by atoms with Crippen molar-refractivity contribution in [1.29, 1.82) is 0 Å². The molecule has 1 aliphatic rings. The number of halogens is 1. The summed E-state index contributed by atoms with van der Waals surface area (Å²) in [5.41, 5.74) is 3.00. The third kappa shape index (κ3) is 3.80. The molecular formula is C20H23FN4OS. The Hall–Kier alpha value is -2.12. The fourth-order valence-corrected chi connectivity index (χ4v) is 4.48. The number of likely N-dealkylation sites (tertiary alicyclic amines) is 1. The Morgan fingerprint density at radius 3 is 2.63 bits per heavy atom. The summed E-state index contributed by atoms with van der Waals surface area (Å²) in [6, 6.07) is 5.36. The van der Waals surface area contributed by atoms with E-state index in [4.69, 9.17) is 4.74 Å².